The van der Waals surface area contributed by atoms with Gasteiger partial charge in [0, 0.05) is 25.8 Å². The van der Waals surface area contributed by atoms with Gasteiger partial charge in [-0.15, -0.1) is 0 Å². The van der Waals surface area contributed by atoms with Gasteiger partial charge in [0.1, 0.15) is 23.7 Å². The Balaban J connectivity index is 1.44. The van der Waals surface area contributed by atoms with Crippen LogP contribution in [0.25, 0.3) is 16.6 Å². The van der Waals surface area contributed by atoms with Crippen molar-refractivity contribution in [2.24, 2.45) is 0 Å². The van der Waals surface area contributed by atoms with Gasteiger partial charge in [0.2, 0.25) is 0 Å². The van der Waals surface area contributed by atoms with E-state index in [0.29, 0.717) is 17.7 Å². The molecule has 0 aliphatic carbocycles. The monoisotopic (exact) mass is 572 g/mol. The number of fused-ring (bicyclic) bond motifs is 1. The largest absolute Gasteiger partial charge is 0.453 e. The molecule has 1 N–H and O–H groups in total. The molecule has 11 nitrogen and oxygen atoms in total. The average Bonchev–Trinajstić information content (AvgIpc) is 3.49. The number of hydrogen-bond donors (Lipinski definition) is 1. The van der Waals surface area contributed by atoms with Crippen LogP contribution in [-0.2, 0) is 11.2 Å². The topological polar surface area (TPSA) is 142 Å². The van der Waals surface area contributed by atoms with Gasteiger partial charge in [0.05, 0.1) is 34.5 Å². The maximum Gasteiger partial charge on any atom is 0.268 e. The number of ether oxygens (including phenoxy) is 1. The summed E-state index contributed by atoms with van der Waals surface area (Å²) in [6.07, 6.45) is 8.13. The molecule has 1 fully saturated rings. The predicted octanol–water partition coefficient (Wildman–Crippen LogP) is 4.22. The number of anilines is 1. The lowest BCUT2D eigenvalue weighted by atomic mass is 9.42. The highest BCUT2D eigenvalue weighted by Gasteiger charge is 2.26. The third-order valence-corrected chi connectivity index (χ3v) is 8.43. The molecule has 1 saturated heterocycles. The second-order valence-corrected chi connectivity index (χ2v) is 11.0. The van der Waals surface area contributed by atoms with E-state index < -0.39 is 17.0 Å². The van der Waals surface area contributed by atoms with Gasteiger partial charge in [-0.05, 0) is 43.2 Å². The van der Waals surface area contributed by atoms with Crippen LogP contribution in [0.2, 0.25) is 12.6 Å². The van der Waals surface area contributed by atoms with Crippen molar-refractivity contribution in [1.82, 2.24) is 23.6 Å². The molecule has 1 unspecified atom stereocenters. The first-order chi connectivity index (χ1) is 19.8. The number of nitriles is 2. The van der Waals surface area contributed by atoms with E-state index in [-0.39, 0.29) is 46.4 Å². The van der Waals surface area contributed by atoms with E-state index in [2.05, 4.69) is 20.8 Å². The Hall–Kier alpha value is -4.53. The van der Waals surface area contributed by atoms with Crippen molar-refractivity contribution < 1.29 is 13.3 Å². The van der Waals surface area contributed by atoms with Crippen molar-refractivity contribution in [2.75, 3.05) is 18.3 Å². The van der Waals surface area contributed by atoms with Crippen LogP contribution in [-0.4, -0.2) is 48.2 Å². The van der Waals surface area contributed by atoms with Gasteiger partial charge in [-0.3, -0.25) is 18.8 Å². The SMILES string of the molecule is CCN(C)S(=O)Nc1ccc(F)c(Oc2ccc3ncn(-c4cnn(C5CCB(C#N)CC5)c4)c(=O)c3c2)c1C#N. The van der Waals surface area contributed by atoms with E-state index in [0.717, 1.165) is 31.5 Å². The molecule has 2 aromatic carbocycles. The van der Waals surface area contributed by atoms with Crippen LogP contribution in [0.15, 0.2) is 53.8 Å². The van der Waals surface area contributed by atoms with Crippen LogP contribution in [0.4, 0.5) is 10.1 Å². The van der Waals surface area contributed by atoms with E-state index in [1.165, 1.54) is 33.4 Å². The Labute approximate surface area is 238 Å². The van der Waals surface area contributed by atoms with Gasteiger partial charge >= 0.3 is 0 Å². The van der Waals surface area contributed by atoms with Gasteiger partial charge in [0.25, 0.3) is 12.3 Å². The summed E-state index contributed by atoms with van der Waals surface area (Å²) in [5, 5.41) is 23.6. The first-order valence-corrected chi connectivity index (χ1v) is 14.2. The van der Waals surface area contributed by atoms with E-state index >= 15 is 0 Å². The third kappa shape index (κ3) is 5.70. The molecule has 4 aromatic rings. The Kier molecular flexibility index (Phi) is 8.15. The van der Waals surface area contributed by atoms with E-state index in [1.54, 1.807) is 25.5 Å². The molecule has 0 spiro atoms. The van der Waals surface area contributed by atoms with Gasteiger partial charge in [-0.2, -0.15) is 10.4 Å². The lowest BCUT2D eigenvalue weighted by molar-refractivity contribution is 0.414. The van der Waals surface area contributed by atoms with Crippen molar-refractivity contribution >= 4 is 34.5 Å². The molecule has 3 heterocycles. The van der Waals surface area contributed by atoms with Gasteiger partial charge in [-0.25, -0.2) is 23.2 Å². The highest BCUT2D eigenvalue weighted by atomic mass is 32.2. The highest BCUT2D eigenvalue weighted by molar-refractivity contribution is 7.84. The minimum atomic E-state index is -1.65. The number of aromatic nitrogens is 4. The second kappa shape index (κ2) is 11.9. The molecule has 0 radical (unpaired) electrons. The van der Waals surface area contributed by atoms with Gasteiger partial charge in [0.15, 0.2) is 22.7 Å². The van der Waals surface area contributed by atoms with E-state index in [4.69, 9.17) is 10.00 Å². The summed E-state index contributed by atoms with van der Waals surface area (Å²) in [6.45, 7) is 2.38. The summed E-state index contributed by atoms with van der Waals surface area (Å²) in [5.41, 5.74) is 0.561. The molecule has 208 valence electrons. The lowest BCUT2D eigenvalue weighted by Crippen LogP contribution is -2.26. The number of halogens is 1. The van der Waals surface area contributed by atoms with Crippen molar-refractivity contribution in [3.05, 3.63) is 70.8 Å². The molecule has 1 aliphatic rings. The molecular formula is C27H26BFN8O3S. The summed E-state index contributed by atoms with van der Waals surface area (Å²) < 4.78 is 40.5. The molecule has 1 aliphatic heterocycles. The molecule has 0 amide bonds. The zero-order chi connectivity index (χ0) is 29.1. The number of hydrogen-bond acceptors (Lipinski definition) is 7. The zero-order valence-corrected chi connectivity index (χ0v) is 23.3. The molecule has 41 heavy (non-hydrogen) atoms. The van der Waals surface area contributed by atoms with Crippen molar-refractivity contribution in [3.63, 3.8) is 0 Å². The fourth-order valence-electron chi connectivity index (χ4n) is 4.73. The Morgan fingerprint density at radius 1 is 1.27 bits per heavy atom. The molecule has 0 saturated carbocycles. The van der Waals surface area contributed by atoms with Crippen molar-refractivity contribution in [3.8, 4) is 29.2 Å². The quantitative estimate of drug-likeness (QED) is 0.312. The Morgan fingerprint density at radius 2 is 2.05 bits per heavy atom. The summed E-state index contributed by atoms with van der Waals surface area (Å²) in [5.74, 6) is 1.31. The Morgan fingerprint density at radius 3 is 2.76 bits per heavy atom. The average molecular weight is 572 g/mol. The first kappa shape index (κ1) is 28.0. The molecule has 14 heteroatoms. The van der Waals surface area contributed by atoms with Crippen molar-refractivity contribution in [2.45, 2.75) is 38.4 Å². The van der Waals surface area contributed by atoms with Gasteiger partial charge < -0.3 is 4.74 Å². The predicted molar refractivity (Wildman–Crippen MR) is 154 cm³/mol. The van der Waals surface area contributed by atoms with Crippen LogP contribution in [0, 0.1) is 28.4 Å². The first-order valence-electron chi connectivity index (χ1n) is 13.1. The summed E-state index contributed by atoms with van der Waals surface area (Å²) >= 11 is -1.65. The van der Waals surface area contributed by atoms with E-state index in [9.17, 15) is 18.7 Å². The number of benzene rings is 2. The van der Waals surface area contributed by atoms with Crippen LogP contribution in [0.5, 0.6) is 11.5 Å². The summed E-state index contributed by atoms with van der Waals surface area (Å²) in [6, 6.07) is 9.05. The third-order valence-electron chi connectivity index (χ3n) is 7.22. The minimum absolute atomic E-state index is 0.0770. The van der Waals surface area contributed by atoms with Crippen LogP contribution < -0.4 is 15.0 Å². The van der Waals surface area contributed by atoms with Gasteiger partial charge in [-0.1, -0.05) is 19.6 Å². The lowest BCUT2D eigenvalue weighted by Gasteiger charge is -2.23. The number of rotatable bonds is 8. The summed E-state index contributed by atoms with van der Waals surface area (Å²) in [4.78, 5) is 17.9. The van der Waals surface area contributed by atoms with Crippen LogP contribution in [0.1, 0.15) is 31.4 Å². The fourth-order valence-corrected chi connectivity index (χ4v) is 5.48. The fraction of sp³-hybridized carbons (Fsp3) is 0.296. The number of nitrogens with one attached hydrogen (secondary N) is 1. The van der Waals surface area contributed by atoms with Crippen LogP contribution >= 0.6 is 0 Å². The molecule has 5 rings (SSSR count). The standard InChI is InChI=1S/C27H26BFN8O3S/c1-3-35(2)41(39)34-25-7-5-23(29)26(22(25)13-30)40-20-4-6-24-21(12-20)27(38)36(17-32-24)19-14-33-37(15-19)18-8-10-28(16-31)11-9-18/h4-7,12,14-15,17-18,34H,3,8-11H2,1-2H3. The smallest absolute Gasteiger partial charge is 0.268 e. The van der Waals surface area contributed by atoms with E-state index in [1.807, 2.05) is 17.7 Å². The zero-order valence-electron chi connectivity index (χ0n) is 22.5. The highest BCUT2D eigenvalue weighted by Crippen LogP contribution is 2.34. The Bertz CT molecular complexity index is 1770. The molecular weight excluding hydrogens is 546 g/mol. The molecule has 2 aromatic heterocycles. The maximum atomic E-state index is 14.8. The second-order valence-electron chi connectivity index (χ2n) is 9.72. The summed E-state index contributed by atoms with van der Waals surface area (Å²) in [7, 11) is 1.64. The molecule has 1 atom stereocenters. The van der Waals surface area contributed by atoms with Crippen molar-refractivity contribution in [1.29, 1.82) is 10.5 Å². The number of nitrogens with zero attached hydrogens (tertiary/aromatic N) is 7. The maximum absolute atomic E-state index is 14.8. The normalized spacial score (nSPS) is 14.5. The van der Waals surface area contributed by atoms with Crippen LogP contribution in [0.3, 0.4) is 0 Å². The molecule has 0 bridgehead atoms. The minimum Gasteiger partial charge on any atom is -0.453 e.